The molecule has 2 fully saturated rings. The summed E-state index contributed by atoms with van der Waals surface area (Å²) in [5.41, 5.74) is 0.601. The van der Waals surface area contributed by atoms with E-state index in [4.69, 9.17) is 11.6 Å². The van der Waals surface area contributed by atoms with Gasteiger partial charge in [0.25, 0.3) is 0 Å². The Morgan fingerprint density at radius 2 is 1.73 bits per heavy atom. The zero-order valence-corrected chi connectivity index (χ0v) is 15.8. The van der Waals surface area contributed by atoms with Crippen molar-refractivity contribution in [1.29, 1.82) is 0 Å². The minimum atomic E-state index is -0.513. The van der Waals surface area contributed by atoms with Crippen molar-refractivity contribution in [2.45, 2.75) is 44.6 Å². The lowest BCUT2D eigenvalue weighted by Gasteiger charge is -2.36. The van der Waals surface area contributed by atoms with Crippen LogP contribution in [0.5, 0.6) is 0 Å². The number of halogens is 1. The molecule has 1 aromatic carbocycles. The van der Waals surface area contributed by atoms with Gasteiger partial charge in [0.1, 0.15) is 0 Å². The smallest absolute Gasteiger partial charge is 0.321 e. The number of likely N-dealkylation sites (tertiary alicyclic amines) is 2. The highest BCUT2D eigenvalue weighted by atomic mass is 35.5. The molecule has 0 aliphatic carbocycles. The van der Waals surface area contributed by atoms with Crippen molar-refractivity contribution >= 4 is 29.4 Å². The Kier molecular flexibility index (Phi) is 6.74. The molecule has 2 aliphatic rings. The van der Waals surface area contributed by atoms with Crippen molar-refractivity contribution in [2.75, 3.05) is 31.5 Å². The number of carbonyl (C=O) groups is 2. The molecule has 0 saturated carbocycles. The SMILES string of the molecule is O=C(NC(=O)N1CCCCC1CCN1CCCC1)Nc1ccc(Cl)cc1. The first kappa shape index (κ1) is 19.0. The van der Waals surface area contributed by atoms with E-state index in [0.29, 0.717) is 17.3 Å². The van der Waals surface area contributed by atoms with Gasteiger partial charge in [0.05, 0.1) is 0 Å². The first-order chi connectivity index (χ1) is 12.6. The number of anilines is 1. The average molecular weight is 379 g/mol. The lowest BCUT2D eigenvalue weighted by molar-refractivity contribution is 0.140. The van der Waals surface area contributed by atoms with Crippen LogP contribution in [0.1, 0.15) is 38.5 Å². The second-order valence-electron chi connectivity index (χ2n) is 7.07. The third kappa shape index (κ3) is 5.35. The van der Waals surface area contributed by atoms with Gasteiger partial charge in [0.2, 0.25) is 0 Å². The van der Waals surface area contributed by atoms with Gasteiger partial charge in [-0.05, 0) is 75.9 Å². The Balaban J connectivity index is 1.50. The number of imide groups is 1. The Hall–Kier alpha value is -1.79. The number of hydrogen-bond donors (Lipinski definition) is 2. The lowest BCUT2D eigenvalue weighted by Crippen LogP contribution is -2.51. The molecule has 0 radical (unpaired) electrons. The van der Waals surface area contributed by atoms with Crippen molar-refractivity contribution in [3.63, 3.8) is 0 Å². The van der Waals surface area contributed by atoms with Crippen molar-refractivity contribution in [3.8, 4) is 0 Å². The minimum Gasteiger partial charge on any atom is -0.321 e. The summed E-state index contributed by atoms with van der Waals surface area (Å²) in [6.45, 7) is 4.08. The molecular formula is C19H27ClN4O2. The first-order valence-electron chi connectivity index (χ1n) is 9.48. The number of amides is 4. The van der Waals surface area contributed by atoms with Crippen LogP contribution in [0.25, 0.3) is 0 Å². The number of urea groups is 2. The summed E-state index contributed by atoms with van der Waals surface area (Å²) in [5, 5.41) is 5.73. The monoisotopic (exact) mass is 378 g/mol. The predicted molar refractivity (Wildman–Crippen MR) is 104 cm³/mol. The zero-order valence-electron chi connectivity index (χ0n) is 15.0. The van der Waals surface area contributed by atoms with Crippen molar-refractivity contribution in [2.24, 2.45) is 0 Å². The summed E-state index contributed by atoms with van der Waals surface area (Å²) in [6.07, 6.45) is 6.68. The van der Waals surface area contributed by atoms with Gasteiger partial charge in [-0.2, -0.15) is 0 Å². The highest BCUT2D eigenvalue weighted by Crippen LogP contribution is 2.21. The van der Waals surface area contributed by atoms with E-state index in [0.717, 1.165) is 32.2 Å². The molecule has 26 heavy (non-hydrogen) atoms. The molecule has 6 nitrogen and oxygen atoms in total. The van der Waals surface area contributed by atoms with Crippen LogP contribution in [0, 0.1) is 0 Å². The fourth-order valence-electron chi connectivity index (χ4n) is 3.77. The number of piperidine rings is 1. The summed E-state index contributed by atoms with van der Waals surface area (Å²) >= 11 is 5.83. The van der Waals surface area contributed by atoms with Crippen LogP contribution < -0.4 is 10.6 Å². The maximum absolute atomic E-state index is 12.6. The number of nitrogens with one attached hydrogen (secondary N) is 2. The molecule has 2 heterocycles. The molecule has 0 bridgehead atoms. The topological polar surface area (TPSA) is 64.7 Å². The van der Waals surface area contributed by atoms with E-state index in [-0.39, 0.29) is 12.1 Å². The highest BCUT2D eigenvalue weighted by Gasteiger charge is 2.28. The zero-order chi connectivity index (χ0) is 18.4. The van der Waals surface area contributed by atoms with Gasteiger partial charge >= 0.3 is 12.1 Å². The maximum Gasteiger partial charge on any atom is 0.327 e. The summed E-state index contributed by atoms with van der Waals surface area (Å²) < 4.78 is 0. The van der Waals surface area contributed by atoms with Gasteiger partial charge in [-0.3, -0.25) is 5.32 Å². The third-order valence-electron chi connectivity index (χ3n) is 5.19. The largest absolute Gasteiger partial charge is 0.327 e. The maximum atomic E-state index is 12.6. The van der Waals surface area contributed by atoms with Crippen LogP contribution in [0.4, 0.5) is 15.3 Å². The fourth-order valence-corrected chi connectivity index (χ4v) is 3.90. The van der Waals surface area contributed by atoms with Gasteiger partial charge in [-0.25, -0.2) is 9.59 Å². The molecular weight excluding hydrogens is 352 g/mol. The van der Waals surface area contributed by atoms with E-state index in [1.54, 1.807) is 24.3 Å². The van der Waals surface area contributed by atoms with Gasteiger partial charge in [-0.15, -0.1) is 0 Å². The van der Waals surface area contributed by atoms with Crippen molar-refractivity contribution < 1.29 is 9.59 Å². The molecule has 4 amide bonds. The van der Waals surface area contributed by atoms with Gasteiger partial charge in [0, 0.05) is 29.8 Å². The van der Waals surface area contributed by atoms with Gasteiger partial charge < -0.3 is 15.1 Å². The molecule has 142 valence electrons. The minimum absolute atomic E-state index is 0.215. The second-order valence-corrected chi connectivity index (χ2v) is 7.51. The number of benzene rings is 1. The van der Waals surface area contributed by atoms with Crippen LogP contribution >= 0.6 is 11.6 Å². The molecule has 3 rings (SSSR count). The summed E-state index contributed by atoms with van der Waals surface area (Å²) in [6, 6.07) is 6.19. The molecule has 0 aromatic heterocycles. The van der Waals surface area contributed by atoms with E-state index in [2.05, 4.69) is 15.5 Å². The number of hydrogen-bond acceptors (Lipinski definition) is 3. The number of nitrogens with zero attached hydrogens (tertiary/aromatic N) is 2. The van der Waals surface area contributed by atoms with E-state index >= 15 is 0 Å². The van der Waals surface area contributed by atoms with Crippen LogP contribution in [0.3, 0.4) is 0 Å². The van der Waals surface area contributed by atoms with Gasteiger partial charge in [-0.1, -0.05) is 11.6 Å². The molecule has 1 aromatic rings. The number of rotatable bonds is 4. The van der Waals surface area contributed by atoms with Crippen LogP contribution in [0.2, 0.25) is 5.02 Å². The predicted octanol–water partition coefficient (Wildman–Crippen LogP) is 3.92. The van der Waals surface area contributed by atoms with Gasteiger partial charge in [0.15, 0.2) is 0 Å². The summed E-state index contributed by atoms with van der Waals surface area (Å²) in [5.74, 6) is 0. The Bertz CT molecular complexity index is 616. The standard InChI is InChI=1S/C19H27ClN4O2/c20-15-6-8-16(9-7-15)21-18(25)22-19(26)24-13-2-1-5-17(24)10-14-23-11-3-4-12-23/h6-9,17H,1-5,10-14H2,(H2,21,22,25,26). The molecule has 2 aliphatic heterocycles. The lowest BCUT2D eigenvalue weighted by atomic mass is 9.99. The van der Waals surface area contributed by atoms with E-state index in [9.17, 15) is 9.59 Å². The van der Waals surface area contributed by atoms with Crippen molar-refractivity contribution in [1.82, 2.24) is 15.1 Å². The second kappa shape index (κ2) is 9.24. The van der Waals surface area contributed by atoms with Crippen LogP contribution in [-0.4, -0.2) is 54.1 Å². The van der Waals surface area contributed by atoms with Crippen molar-refractivity contribution in [3.05, 3.63) is 29.3 Å². The van der Waals surface area contributed by atoms with E-state index < -0.39 is 6.03 Å². The molecule has 2 saturated heterocycles. The molecule has 2 N–H and O–H groups in total. The third-order valence-corrected chi connectivity index (χ3v) is 5.44. The number of carbonyl (C=O) groups excluding carboxylic acids is 2. The first-order valence-corrected chi connectivity index (χ1v) is 9.86. The Labute approximate surface area is 159 Å². The molecule has 0 spiro atoms. The van der Waals surface area contributed by atoms with E-state index in [1.165, 1.54) is 25.9 Å². The van der Waals surface area contributed by atoms with E-state index in [1.807, 2.05) is 4.90 Å². The van der Waals surface area contributed by atoms with Crippen LogP contribution in [0.15, 0.2) is 24.3 Å². The normalized spacial score (nSPS) is 20.8. The highest BCUT2D eigenvalue weighted by molar-refractivity contribution is 6.30. The van der Waals surface area contributed by atoms with Crippen LogP contribution in [-0.2, 0) is 0 Å². The summed E-state index contributed by atoms with van der Waals surface area (Å²) in [4.78, 5) is 29.0. The fraction of sp³-hybridized carbons (Fsp3) is 0.579. The summed E-state index contributed by atoms with van der Waals surface area (Å²) in [7, 11) is 0. The quantitative estimate of drug-likeness (QED) is 0.834. The Morgan fingerprint density at radius 1 is 1.04 bits per heavy atom. The molecule has 1 atom stereocenters. The molecule has 1 unspecified atom stereocenters. The molecule has 7 heteroatoms. The average Bonchev–Trinajstić information content (AvgIpc) is 3.15. The Morgan fingerprint density at radius 3 is 2.46 bits per heavy atom.